The summed E-state index contributed by atoms with van der Waals surface area (Å²) >= 11 is 0. The van der Waals surface area contributed by atoms with E-state index in [2.05, 4.69) is 179 Å². The fraction of sp³-hybridized carbons (Fsp3) is 0. The summed E-state index contributed by atoms with van der Waals surface area (Å²) in [4.78, 5) is 0. The number of para-hydroxylation sites is 1. The first kappa shape index (κ1) is 26.3. The fourth-order valence-electron chi connectivity index (χ4n) is 9.11. The molecule has 50 heavy (non-hydrogen) atoms. The lowest BCUT2D eigenvalue weighted by atomic mass is 10.0. The van der Waals surface area contributed by atoms with Gasteiger partial charge in [-0.2, -0.15) is 0 Å². The van der Waals surface area contributed by atoms with Crippen molar-refractivity contribution in [3.05, 3.63) is 170 Å². The van der Waals surface area contributed by atoms with Gasteiger partial charge in [-0.3, -0.25) is 0 Å². The summed E-state index contributed by atoms with van der Waals surface area (Å²) in [5.74, 6) is 0. The summed E-state index contributed by atoms with van der Waals surface area (Å²) in [5, 5.41) is 12.7. The van der Waals surface area contributed by atoms with E-state index in [1.807, 2.05) is 0 Å². The number of aromatic nitrogens is 2. The van der Waals surface area contributed by atoms with Crippen LogP contribution in [0, 0.1) is 0 Å². The molecule has 0 saturated heterocycles. The maximum Gasteiger partial charge on any atom is 0.0641 e. The van der Waals surface area contributed by atoms with Crippen molar-refractivity contribution >= 4 is 75.9 Å². The molecule has 1 aliphatic carbocycles. The zero-order valence-electron chi connectivity index (χ0n) is 27.1. The van der Waals surface area contributed by atoms with Crippen LogP contribution in [-0.4, -0.2) is 9.13 Å². The summed E-state index contributed by atoms with van der Waals surface area (Å²) < 4.78 is 5.02. The molecule has 0 saturated carbocycles. The van der Waals surface area contributed by atoms with Gasteiger partial charge in [-0.05, 0) is 97.0 Å². The zero-order valence-corrected chi connectivity index (χ0v) is 27.1. The van der Waals surface area contributed by atoms with Gasteiger partial charge in [0, 0.05) is 32.9 Å². The molecule has 0 unspecified atom stereocenters. The molecule has 0 radical (unpaired) electrons. The van der Waals surface area contributed by atoms with Gasteiger partial charge in [0.25, 0.3) is 0 Å². The molecule has 9 aromatic carbocycles. The summed E-state index contributed by atoms with van der Waals surface area (Å²) in [6, 6.07) is 63.1. The second kappa shape index (κ2) is 9.49. The van der Waals surface area contributed by atoms with Crippen LogP contribution in [0.5, 0.6) is 0 Å². The van der Waals surface area contributed by atoms with Gasteiger partial charge < -0.3 is 9.13 Å². The first-order chi connectivity index (χ1) is 24.8. The van der Waals surface area contributed by atoms with Gasteiger partial charge >= 0.3 is 0 Å². The van der Waals surface area contributed by atoms with Crippen LogP contribution in [0.2, 0.25) is 0 Å². The van der Waals surface area contributed by atoms with Crippen LogP contribution in [0.3, 0.4) is 0 Å². The molecule has 12 rings (SSSR count). The lowest BCUT2D eigenvalue weighted by Gasteiger charge is -2.13. The van der Waals surface area contributed by atoms with Gasteiger partial charge in [-0.15, -0.1) is 0 Å². The molecule has 0 amide bonds. The van der Waals surface area contributed by atoms with Crippen molar-refractivity contribution in [3.63, 3.8) is 0 Å². The van der Waals surface area contributed by atoms with Crippen molar-refractivity contribution in [1.29, 1.82) is 0 Å². The van der Waals surface area contributed by atoms with Gasteiger partial charge in [-0.1, -0.05) is 127 Å². The number of rotatable bonds is 2. The number of hydrogen-bond donors (Lipinski definition) is 0. The number of hydrogen-bond acceptors (Lipinski definition) is 0. The Kier molecular flexibility index (Phi) is 5.00. The Morgan fingerprint density at radius 3 is 1.82 bits per heavy atom. The highest BCUT2D eigenvalue weighted by molar-refractivity contribution is 6.31. The van der Waals surface area contributed by atoms with Gasteiger partial charge in [0.2, 0.25) is 0 Å². The smallest absolute Gasteiger partial charge is 0.0641 e. The highest BCUT2D eigenvalue weighted by atomic mass is 15.0. The number of fused-ring (bicyclic) bond motifs is 13. The molecule has 1 aliphatic rings. The second-order valence-corrected chi connectivity index (χ2v) is 13.7. The summed E-state index contributed by atoms with van der Waals surface area (Å²) in [5.41, 5.74) is 12.5. The van der Waals surface area contributed by atoms with E-state index in [-0.39, 0.29) is 0 Å². The third kappa shape index (κ3) is 3.32. The standard InChI is InChI=1S/C48H28N2/c1-2-12-31-26-33(22-20-29(31)10-1)50-42-19-8-7-17-38(42)40-23-25-44-47(48(40)50)46-35-14-4-3-11-30(35)21-24-43(46)49(44)34-27-32-13-9-18-39-36-15-5-6-16-37(36)41(28-34)45(32)39/h1-28H. The van der Waals surface area contributed by atoms with E-state index in [9.17, 15) is 0 Å². The van der Waals surface area contributed by atoms with Gasteiger partial charge in [0.05, 0.1) is 22.1 Å². The van der Waals surface area contributed by atoms with Crippen LogP contribution < -0.4 is 0 Å². The van der Waals surface area contributed by atoms with E-state index in [1.54, 1.807) is 0 Å². The molecule has 0 aliphatic heterocycles. The topological polar surface area (TPSA) is 9.86 Å². The Labute approximate surface area is 287 Å². The summed E-state index contributed by atoms with van der Waals surface area (Å²) in [6.07, 6.45) is 0. The minimum absolute atomic E-state index is 1.17. The molecule has 0 N–H and O–H groups in total. The molecule has 11 aromatic rings. The molecular weight excluding hydrogens is 605 g/mol. The normalized spacial score (nSPS) is 12.4. The molecular formula is C48H28N2. The van der Waals surface area contributed by atoms with Crippen molar-refractivity contribution < 1.29 is 0 Å². The third-order valence-corrected chi connectivity index (χ3v) is 11.2. The summed E-state index contributed by atoms with van der Waals surface area (Å²) in [7, 11) is 0. The Bertz CT molecular complexity index is 3260. The lowest BCUT2D eigenvalue weighted by Crippen LogP contribution is -1.96. The van der Waals surface area contributed by atoms with Gasteiger partial charge in [0.1, 0.15) is 0 Å². The van der Waals surface area contributed by atoms with Crippen LogP contribution in [0.1, 0.15) is 0 Å². The second-order valence-electron chi connectivity index (χ2n) is 13.7. The van der Waals surface area contributed by atoms with Crippen molar-refractivity contribution in [2.75, 3.05) is 0 Å². The maximum absolute atomic E-state index is 2.52. The number of nitrogens with zero attached hydrogens (tertiary/aromatic N) is 2. The Morgan fingerprint density at radius 2 is 0.920 bits per heavy atom. The third-order valence-electron chi connectivity index (χ3n) is 11.2. The van der Waals surface area contributed by atoms with E-state index in [4.69, 9.17) is 0 Å². The fourth-order valence-corrected chi connectivity index (χ4v) is 9.11. The van der Waals surface area contributed by atoms with Crippen LogP contribution >= 0.6 is 0 Å². The number of benzene rings is 9. The van der Waals surface area contributed by atoms with E-state index in [1.165, 1.54) is 110 Å². The monoisotopic (exact) mass is 632 g/mol. The predicted molar refractivity (Wildman–Crippen MR) is 212 cm³/mol. The van der Waals surface area contributed by atoms with Crippen molar-refractivity contribution in [2.24, 2.45) is 0 Å². The van der Waals surface area contributed by atoms with E-state index < -0.39 is 0 Å². The van der Waals surface area contributed by atoms with Crippen molar-refractivity contribution in [2.45, 2.75) is 0 Å². The molecule has 2 heteroatoms. The van der Waals surface area contributed by atoms with E-state index in [0.29, 0.717) is 0 Å². The minimum atomic E-state index is 1.17. The largest absolute Gasteiger partial charge is 0.309 e. The SMILES string of the molecule is c1ccc2c(c1)-c1cccc3cc(-n4c5ccc6ccccc6c5c5c4ccc4c6ccccc6n(-c6ccc7ccccc7c6)c45)cc-2c13. The highest BCUT2D eigenvalue weighted by Gasteiger charge is 2.25. The van der Waals surface area contributed by atoms with Gasteiger partial charge in [0.15, 0.2) is 0 Å². The van der Waals surface area contributed by atoms with Crippen molar-refractivity contribution in [3.8, 4) is 33.6 Å². The molecule has 230 valence electrons. The molecule has 2 aromatic heterocycles. The molecule has 0 fully saturated rings. The van der Waals surface area contributed by atoms with Crippen LogP contribution in [0.4, 0.5) is 0 Å². The Balaban J connectivity index is 1.29. The van der Waals surface area contributed by atoms with Crippen LogP contribution in [-0.2, 0) is 0 Å². The Morgan fingerprint density at radius 1 is 0.280 bits per heavy atom. The first-order valence-electron chi connectivity index (χ1n) is 17.4. The van der Waals surface area contributed by atoms with Gasteiger partial charge in [-0.25, -0.2) is 0 Å². The first-order valence-corrected chi connectivity index (χ1v) is 17.4. The van der Waals surface area contributed by atoms with Crippen LogP contribution in [0.15, 0.2) is 170 Å². The average molecular weight is 633 g/mol. The van der Waals surface area contributed by atoms with E-state index in [0.717, 1.165) is 0 Å². The molecule has 2 nitrogen and oxygen atoms in total. The highest BCUT2D eigenvalue weighted by Crippen LogP contribution is 2.49. The zero-order chi connectivity index (χ0) is 32.5. The maximum atomic E-state index is 2.52. The summed E-state index contributed by atoms with van der Waals surface area (Å²) in [6.45, 7) is 0. The lowest BCUT2D eigenvalue weighted by molar-refractivity contribution is 1.18. The Hall–Kier alpha value is -6.64. The minimum Gasteiger partial charge on any atom is -0.309 e. The molecule has 0 atom stereocenters. The molecule has 0 bridgehead atoms. The van der Waals surface area contributed by atoms with Crippen LogP contribution in [0.25, 0.3) is 110 Å². The predicted octanol–water partition coefficient (Wildman–Crippen LogP) is 13.0. The molecule has 0 spiro atoms. The average Bonchev–Trinajstić information content (AvgIpc) is 3.81. The van der Waals surface area contributed by atoms with E-state index >= 15 is 0 Å². The molecule has 2 heterocycles. The van der Waals surface area contributed by atoms with Crippen molar-refractivity contribution in [1.82, 2.24) is 9.13 Å². The quantitative estimate of drug-likeness (QED) is 0.179.